The van der Waals surface area contributed by atoms with Crippen LogP contribution in [0.15, 0.2) is 182 Å². The number of hydrogen-bond acceptors (Lipinski definition) is 7. The molecule has 2 N–H and O–H groups in total. The molecule has 0 heterocycles. The van der Waals surface area contributed by atoms with Gasteiger partial charge in [-0.2, -0.15) is 0 Å². The highest BCUT2D eigenvalue weighted by Gasteiger charge is 2.33. The smallest absolute Gasteiger partial charge is 0.305 e. The van der Waals surface area contributed by atoms with Gasteiger partial charge in [0.25, 0.3) is 0 Å². The summed E-state index contributed by atoms with van der Waals surface area (Å²) < 4.78 is 0. The van der Waals surface area contributed by atoms with Crippen LogP contribution in [0.25, 0.3) is 0 Å². The third-order valence-electron chi connectivity index (χ3n) is 14.5. The molecule has 13 heteroatoms. The zero-order chi connectivity index (χ0) is 54.6. The molecule has 13 nitrogen and oxygen atoms in total. The van der Waals surface area contributed by atoms with Crippen molar-refractivity contribution in [2.45, 2.75) is 97.1 Å². The van der Waals surface area contributed by atoms with Crippen molar-refractivity contribution in [3.8, 4) is 0 Å². The molecule has 0 saturated heterocycles. The Morgan fingerprint density at radius 3 is 0.882 bits per heavy atom. The summed E-state index contributed by atoms with van der Waals surface area (Å²) in [6, 6.07) is 54.7. The maximum Gasteiger partial charge on any atom is 0.305 e. The summed E-state index contributed by atoms with van der Waals surface area (Å²) in [5.74, 6) is -2.74. The van der Waals surface area contributed by atoms with Gasteiger partial charge >= 0.3 is 5.97 Å². The SMILES string of the molecule is C[C@H](NCC(=O)N(CCC(=O)N(CC(=O)N(CCC(=O)N(CC(=O)N(CCC(=O)O)[C@@H](C)c1ccccc1)[C@@H](C)c1ccccc1)[C@@H](C)c1ccccc1)[C@@H](C)c1ccccc1)[C@@H](C)c1ccccc1)c1ccccc1. The van der Waals surface area contributed by atoms with Crippen LogP contribution >= 0.6 is 0 Å². The summed E-state index contributed by atoms with van der Waals surface area (Å²) in [6.45, 7) is 10.8. The summed E-state index contributed by atoms with van der Waals surface area (Å²) in [5.41, 5.74) is 5.22. The Morgan fingerprint density at radius 1 is 0.342 bits per heavy atom. The molecular weight excluding hydrogens is 953 g/mol. The van der Waals surface area contributed by atoms with Crippen molar-refractivity contribution in [3.63, 3.8) is 0 Å². The molecule has 6 aromatic rings. The number of amides is 5. The third-order valence-corrected chi connectivity index (χ3v) is 14.5. The first-order valence-corrected chi connectivity index (χ1v) is 26.4. The molecule has 5 amide bonds. The Kier molecular flexibility index (Phi) is 21.7. The van der Waals surface area contributed by atoms with Gasteiger partial charge < -0.3 is 34.9 Å². The molecule has 0 saturated carbocycles. The fraction of sp³-hybridized carbons (Fsp3) is 0.333. The fourth-order valence-electron chi connectivity index (χ4n) is 9.65. The number of benzene rings is 6. The molecule has 0 unspecified atom stereocenters. The summed E-state index contributed by atoms with van der Waals surface area (Å²) in [5, 5.41) is 13.1. The maximum absolute atomic E-state index is 15.2. The highest BCUT2D eigenvalue weighted by atomic mass is 16.4. The summed E-state index contributed by atoms with van der Waals surface area (Å²) in [4.78, 5) is 93.5. The molecule has 6 atom stereocenters. The van der Waals surface area contributed by atoms with Gasteiger partial charge in [-0.15, -0.1) is 0 Å². The Morgan fingerprint density at radius 2 is 0.592 bits per heavy atom. The average molecular weight is 1030 g/mol. The largest absolute Gasteiger partial charge is 0.481 e. The van der Waals surface area contributed by atoms with E-state index < -0.39 is 36.0 Å². The second-order valence-electron chi connectivity index (χ2n) is 19.4. The van der Waals surface area contributed by atoms with Crippen LogP contribution in [0.3, 0.4) is 0 Å². The van der Waals surface area contributed by atoms with E-state index in [0.29, 0.717) is 0 Å². The van der Waals surface area contributed by atoms with Crippen LogP contribution in [-0.2, 0) is 28.8 Å². The van der Waals surface area contributed by atoms with E-state index in [1.54, 1.807) is 14.7 Å². The number of carbonyl (C=O) groups is 6. The summed E-state index contributed by atoms with van der Waals surface area (Å²) in [7, 11) is 0. The first kappa shape index (κ1) is 57.4. The number of carboxylic acid groups (broad SMARTS) is 1. The molecule has 6 rings (SSSR count). The van der Waals surface area contributed by atoms with Gasteiger partial charge in [-0.3, -0.25) is 28.8 Å². The van der Waals surface area contributed by atoms with Crippen LogP contribution in [0.4, 0.5) is 0 Å². The van der Waals surface area contributed by atoms with E-state index in [-0.39, 0.29) is 94.2 Å². The standard InChI is InChI=1S/C63H74N6O7/c1-46(52-25-13-7-14-26-52)64-43-60(72)65(47(2)53-27-15-8-16-28-53)40-37-58(70)68(50(5)56-33-21-11-22-34-56)44-61(73)66(48(3)54-29-17-9-18-30-54)41-38-59(71)69(51(6)57-35-23-12-24-36-57)45-62(74)67(42-39-63(75)76)49(4)55-31-19-10-20-32-55/h7-36,46-51,64H,37-45H2,1-6H3,(H,75,76)/t46-,47-,48-,49-,50-,51-/m0/s1. The molecule has 0 bridgehead atoms. The van der Waals surface area contributed by atoms with Gasteiger partial charge in [0.1, 0.15) is 13.1 Å². The fourth-order valence-corrected chi connectivity index (χ4v) is 9.65. The molecule has 0 spiro atoms. The Hall–Kier alpha value is -7.90. The average Bonchev–Trinajstić information content (AvgIpc) is 3.46. The lowest BCUT2D eigenvalue weighted by Gasteiger charge is -2.37. The van der Waals surface area contributed by atoms with Crippen molar-refractivity contribution < 1.29 is 33.9 Å². The maximum atomic E-state index is 15.2. The van der Waals surface area contributed by atoms with Crippen LogP contribution in [0.1, 0.15) is 130 Å². The molecule has 0 aliphatic carbocycles. The van der Waals surface area contributed by atoms with Gasteiger partial charge in [-0.05, 0) is 74.9 Å². The van der Waals surface area contributed by atoms with Crippen LogP contribution < -0.4 is 5.32 Å². The monoisotopic (exact) mass is 1030 g/mol. The topological polar surface area (TPSA) is 151 Å². The summed E-state index contributed by atoms with van der Waals surface area (Å²) >= 11 is 0. The van der Waals surface area contributed by atoms with Crippen molar-refractivity contribution >= 4 is 35.5 Å². The Labute approximate surface area is 449 Å². The van der Waals surface area contributed by atoms with Crippen molar-refractivity contribution in [3.05, 3.63) is 215 Å². The van der Waals surface area contributed by atoms with Crippen LogP contribution in [0.2, 0.25) is 0 Å². The highest BCUT2D eigenvalue weighted by molar-refractivity contribution is 5.88. The van der Waals surface area contributed by atoms with Gasteiger partial charge in [-0.25, -0.2) is 0 Å². The molecule has 6 aromatic carbocycles. The second kappa shape index (κ2) is 28.7. The van der Waals surface area contributed by atoms with E-state index in [4.69, 9.17) is 0 Å². The lowest BCUT2D eigenvalue weighted by molar-refractivity contribution is -0.147. The molecule has 0 fully saturated rings. The Bertz CT molecular complexity index is 2770. The van der Waals surface area contributed by atoms with E-state index in [0.717, 1.165) is 33.4 Å². The molecule has 76 heavy (non-hydrogen) atoms. The predicted octanol–water partition coefficient (Wildman–Crippen LogP) is 10.5. The summed E-state index contributed by atoms with van der Waals surface area (Å²) in [6.07, 6.45) is -0.511. The van der Waals surface area contributed by atoms with Crippen molar-refractivity contribution in [1.82, 2.24) is 29.8 Å². The number of aliphatic carboxylic acids is 1. The lowest BCUT2D eigenvalue weighted by atomic mass is 10.0. The van der Waals surface area contributed by atoms with E-state index in [2.05, 4.69) is 5.32 Å². The lowest BCUT2D eigenvalue weighted by Crippen LogP contribution is -2.48. The zero-order valence-corrected chi connectivity index (χ0v) is 44.8. The van der Waals surface area contributed by atoms with Crippen LogP contribution in [0.5, 0.6) is 0 Å². The van der Waals surface area contributed by atoms with E-state index >= 15 is 4.79 Å². The van der Waals surface area contributed by atoms with Crippen molar-refractivity contribution in [2.75, 3.05) is 39.3 Å². The van der Waals surface area contributed by atoms with Crippen molar-refractivity contribution in [1.29, 1.82) is 0 Å². The first-order chi connectivity index (χ1) is 36.6. The molecule has 0 aromatic heterocycles. The number of carbonyl (C=O) groups excluding carboxylic acids is 5. The van der Waals surface area contributed by atoms with Crippen LogP contribution in [-0.4, -0.2) is 104 Å². The Balaban J connectivity index is 1.27. The van der Waals surface area contributed by atoms with Gasteiger partial charge in [0, 0.05) is 38.5 Å². The van der Waals surface area contributed by atoms with Gasteiger partial charge in [0.15, 0.2) is 0 Å². The first-order valence-electron chi connectivity index (χ1n) is 26.4. The van der Waals surface area contributed by atoms with Crippen molar-refractivity contribution in [2.24, 2.45) is 0 Å². The molecular formula is C63H74N6O7. The number of rotatable bonds is 27. The number of nitrogens with zero attached hydrogens (tertiary/aromatic N) is 5. The number of hydrogen-bond donors (Lipinski definition) is 2. The molecule has 0 aliphatic rings. The van der Waals surface area contributed by atoms with E-state index in [9.17, 15) is 29.1 Å². The molecule has 0 radical (unpaired) electrons. The molecule has 398 valence electrons. The third kappa shape index (κ3) is 16.1. The zero-order valence-electron chi connectivity index (χ0n) is 44.8. The number of nitrogens with one attached hydrogen (secondary N) is 1. The predicted molar refractivity (Wildman–Crippen MR) is 297 cm³/mol. The quantitative estimate of drug-likeness (QED) is 0.0518. The molecule has 0 aliphatic heterocycles. The van der Waals surface area contributed by atoms with Gasteiger partial charge in [0.05, 0.1) is 43.2 Å². The van der Waals surface area contributed by atoms with Gasteiger partial charge in [0.2, 0.25) is 29.5 Å². The minimum absolute atomic E-state index is 0.0423. The van der Waals surface area contributed by atoms with E-state index in [1.807, 2.05) is 224 Å². The highest BCUT2D eigenvalue weighted by Crippen LogP contribution is 2.29. The van der Waals surface area contributed by atoms with Crippen LogP contribution in [0, 0.1) is 0 Å². The minimum atomic E-state index is -1.05. The minimum Gasteiger partial charge on any atom is -0.481 e. The normalized spacial score (nSPS) is 13.4. The second-order valence-corrected chi connectivity index (χ2v) is 19.4. The number of carboxylic acids is 1. The van der Waals surface area contributed by atoms with Gasteiger partial charge in [-0.1, -0.05) is 182 Å². The van der Waals surface area contributed by atoms with E-state index in [1.165, 1.54) is 9.80 Å².